The fourth-order valence-electron chi connectivity index (χ4n) is 1.64. The molecule has 164 valence electrons. The Labute approximate surface area is 163 Å². The van der Waals surface area contributed by atoms with E-state index < -0.39 is 36.3 Å². The highest BCUT2D eigenvalue weighted by molar-refractivity contribution is 5.67. The van der Waals surface area contributed by atoms with Crippen LogP contribution in [0.2, 0.25) is 0 Å². The van der Waals surface area contributed by atoms with Crippen molar-refractivity contribution >= 4 is 29.8 Å². The van der Waals surface area contributed by atoms with Gasteiger partial charge in [0.25, 0.3) is 11.9 Å². The number of rotatable bonds is 8. The highest BCUT2D eigenvalue weighted by Gasteiger charge is 2.27. The Bertz CT molecular complexity index is 481. The van der Waals surface area contributed by atoms with Crippen molar-refractivity contribution in [1.82, 2.24) is 0 Å². The van der Waals surface area contributed by atoms with Gasteiger partial charge in [-0.15, -0.1) is 0 Å². The van der Waals surface area contributed by atoms with Gasteiger partial charge in [-0.05, 0) is 19.8 Å². The summed E-state index contributed by atoms with van der Waals surface area (Å²) in [7, 11) is 1.35. The lowest BCUT2D eigenvalue weighted by Gasteiger charge is -2.25. The zero-order valence-corrected chi connectivity index (χ0v) is 17.2. The van der Waals surface area contributed by atoms with E-state index in [1.807, 2.05) is 0 Å². The normalized spacial score (nSPS) is 12.4. The maximum atomic E-state index is 11.1. The largest absolute Gasteiger partial charge is 0.481 e. The smallest absolute Gasteiger partial charge is 0.305 e. The summed E-state index contributed by atoms with van der Waals surface area (Å²) in [6.45, 7) is 7.69. The molecule has 0 rings (SSSR count). The lowest BCUT2D eigenvalue weighted by molar-refractivity contribution is -0.205. The molecule has 0 aromatic rings. The zero-order valence-electron chi connectivity index (χ0n) is 17.2. The summed E-state index contributed by atoms with van der Waals surface area (Å²) in [5.41, 5.74) is 0. The van der Waals surface area contributed by atoms with Crippen molar-refractivity contribution in [3.63, 3.8) is 0 Å². The summed E-state index contributed by atoms with van der Waals surface area (Å²) in [6.07, 6.45) is -1.29. The number of ether oxygens (including phenoxy) is 4. The molecule has 0 radical (unpaired) electrons. The Morgan fingerprint density at radius 2 is 1.07 bits per heavy atom. The minimum absolute atomic E-state index is 0.333. The van der Waals surface area contributed by atoms with Crippen LogP contribution in [0.25, 0.3) is 0 Å². The Kier molecular flexibility index (Phi) is 19.0. The molecular formula is C17H30O11. The third-order valence-electron chi connectivity index (χ3n) is 2.36. The van der Waals surface area contributed by atoms with Crippen molar-refractivity contribution in [2.75, 3.05) is 7.11 Å². The molecule has 0 heterocycles. The van der Waals surface area contributed by atoms with Gasteiger partial charge in [0, 0.05) is 41.7 Å². The van der Waals surface area contributed by atoms with E-state index in [0.29, 0.717) is 12.8 Å². The second-order valence-electron chi connectivity index (χ2n) is 5.40. The van der Waals surface area contributed by atoms with E-state index in [9.17, 15) is 14.4 Å². The Morgan fingerprint density at radius 3 is 1.36 bits per heavy atom. The number of hydrogen-bond donors (Lipinski definition) is 2. The van der Waals surface area contributed by atoms with Gasteiger partial charge in [0.1, 0.15) is 0 Å². The number of carboxylic acid groups (broad SMARTS) is 2. The van der Waals surface area contributed by atoms with E-state index in [4.69, 9.17) is 38.7 Å². The van der Waals surface area contributed by atoms with Gasteiger partial charge >= 0.3 is 17.9 Å². The molecule has 0 spiro atoms. The second kappa shape index (κ2) is 17.7. The fraction of sp³-hybridized carbons (Fsp3) is 0.706. The van der Waals surface area contributed by atoms with E-state index in [2.05, 4.69) is 0 Å². The topological polar surface area (TPSA) is 163 Å². The Balaban J connectivity index is -0.000000656. The van der Waals surface area contributed by atoms with Crippen LogP contribution in [0, 0.1) is 0 Å². The highest BCUT2D eigenvalue weighted by atomic mass is 16.7. The van der Waals surface area contributed by atoms with Crippen LogP contribution in [-0.2, 0) is 42.9 Å². The minimum Gasteiger partial charge on any atom is -0.481 e. The standard InChI is InChI=1S/C13H22O7.2C2H4O2/c1-8(18-9(2)14)6-7-12(19-10(3)15)13(17-5)20-11(4)16;2*1-2(3)4/h8,12-13H,6-7H2,1-5H3;2*1H3,(H,3,4)/t8-,12-,13-;;/m1../s1. The van der Waals surface area contributed by atoms with Crippen LogP contribution in [-0.4, -0.2) is 65.7 Å². The summed E-state index contributed by atoms with van der Waals surface area (Å²) >= 11 is 0. The molecule has 0 aliphatic carbocycles. The minimum atomic E-state index is -0.985. The van der Waals surface area contributed by atoms with Gasteiger partial charge < -0.3 is 29.2 Å². The maximum Gasteiger partial charge on any atom is 0.305 e. The molecule has 3 atom stereocenters. The quantitative estimate of drug-likeness (QED) is 0.337. The molecule has 0 aromatic heterocycles. The van der Waals surface area contributed by atoms with Crippen LogP contribution in [0.4, 0.5) is 0 Å². The molecule has 0 aliphatic heterocycles. The first kappa shape index (κ1) is 30.1. The lowest BCUT2D eigenvalue weighted by atomic mass is 10.1. The van der Waals surface area contributed by atoms with Crippen LogP contribution in [0.3, 0.4) is 0 Å². The molecule has 0 saturated carbocycles. The van der Waals surface area contributed by atoms with E-state index >= 15 is 0 Å². The number of methoxy groups -OCH3 is 1. The molecule has 0 saturated heterocycles. The maximum absolute atomic E-state index is 11.1. The summed E-state index contributed by atoms with van der Waals surface area (Å²) < 4.78 is 20.0. The predicted molar refractivity (Wildman–Crippen MR) is 95.2 cm³/mol. The number of carbonyl (C=O) groups is 5. The lowest BCUT2D eigenvalue weighted by Crippen LogP contribution is -2.36. The molecule has 28 heavy (non-hydrogen) atoms. The van der Waals surface area contributed by atoms with Crippen molar-refractivity contribution in [3.05, 3.63) is 0 Å². The monoisotopic (exact) mass is 410 g/mol. The van der Waals surface area contributed by atoms with Crippen LogP contribution in [0.1, 0.15) is 54.4 Å². The molecule has 11 nitrogen and oxygen atoms in total. The van der Waals surface area contributed by atoms with Crippen LogP contribution in [0.5, 0.6) is 0 Å². The van der Waals surface area contributed by atoms with Crippen molar-refractivity contribution in [2.24, 2.45) is 0 Å². The second-order valence-corrected chi connectivity index (χ2v) is 5.40. The zero-order chi connectivity index (χ0) is 22.9. The number of hydrogen-bond acceptors (Lipinski definition) is 9. The van der Waals surface area contributed by atoms with E-state index in [-0.39, 0.29) is 12.1 Å². The van der Waals surface area contributed by atoms with Crippen molar-refractivity contribution in [3.8, 4) is 0 Å². The third kappa shape index (κ3) is 28.1. The Morgan fingerprint density at radius 1 is 0.714 bits per heavy atom. The molecule has 0 unspecified atom stereocenters. The molecule has 2 N–H and O–H groups in total. The molecule has 0 amide bonds. The summed E-state index contributed by atoms with van der Waals surface area (Å²) in [5.74, 6) is -3.10. The number of carbonyl (C=O) groups excluding carboxylic acids is 3. The molecule has 0 fully saturated rings. The van der Waals surface area contributed by atoms with Gasteiger partial charge in [-0.3, -0.25) is 24.0 Å². The average molecular weight is 410 g/mol. The van der Waals surface area contributed by atoms with E-state index in [1.165, 1.54) is 27.9 Å². The van der Waals surface area contributed by atoms with Gasteiger partial charge in [-0.25, -0.2) is 0 Å². The van der Waals surface area contributed by atoms with E-state index in [1.54, 1.807) is 6.92 Å². The first-order valence-electron chi connectivity index (χ1n) is 8.16. The number of aliphatic carboxylic acids is 2. The van der Waals surface area contributed by atoms with Crippen molar-refractivity contribution < 1.29 is 53.1 Å². The third-order valence-corrected chi connectivity index (χ3v) is 2.36. The van der Waals surface area contributed by atoms with Crippen LogP contribution < -0.4 is 0 Å². The molecular weight excluding hydrogens is 380 g/mol. The van der Waals surface area contributed by atoms with Gasteiger partial charge in [0.2, 0.25) is 6.29 Å². The average Bonchev–Trinajstić information content (AvgIpc) is 2.46. The van der Waals surface area contributed by atoms with Gasteiger partial charge in [0.05, 0.1) is 6.10 Å². The number of esters is 3. The first-order valence-corrected chi connectivity index (χ1v) is 8.16. The number of carboxylic acids is 2. The van der Waals surface area contributed by atoms with E-state index in [0.717, 1.165) is 13.8 Å². The molecule has 11 heteroatoms. The summed E-state index contributed by atoms with van der Waals surface area (Å²) in [6, 6.07) is 0. The SMILES string of the molecule is CC(=O)O.CC(=O)O.CO[C@H](OC(C)=O)[C@@H](CC[C@@H](C)OC(C)=O)OC(C)=O. The van der Waals surface area contributed by atoms with Gasteiger partial charge in [0.15, 0.2) is 6.10 Å². The highest BCUT2D eigenvalue weighted by Crippen LogP contribution is 2.15. The van der Waals surface area contributed by atoms with Crippen LogP contribution in [0.15, 0.2) is 0 Å². The molecule has 0 aliphatic rings. The van der Waals surface area contributed by atoms with Crippen LogP contribution >= 0.6 is 0 Å². The van der Waals surface area contributed by atoms with Gasteiger partial charge in [-0.1, -0.05) is 0 Å². The first-order chi connectivity index (χ1) is 12.7. The Hall–Kier alpha value is -2.69. The summed E-state index contributed by atoms with van der Waals surface area (Å²) in [5, 5.41) is 14.8. The predicted octanol–water partition coefficient (Wildman–Crippen LogP) is 1.37. The molecule has 0 bridgehead atoms. The van der Waals surface area contributed by atoms with Crippen molar-refractivity contribution in [1.29, 1.82) is 0 Å². The molecule has 0 aromatic carbocycles. The van der Waals surface area contributed by atoms with Crippen molar-refractivity contribution in [2.45, 2.75) is 72.9 Å². The van der Waals surface area contributed by atoms with Gasteiger partial charge in [-0.2, -0.15) is 0 Å². The fourth-order valence-corrected chi connectivity index (χ4v) is 1.64. The summed E-state index contributed by atoms with van der Waals surface area (Å²) in [4.78, 5) is 50.9.